The van der Waals surface area contributed by atoms with E-state index in [0.29, 0.717) is 21.8 Å². The first-order valence-electron chi connectivity index (χ1n) is 8.20. The highest BCUT2D eigenvalue weighted by atomic mass is 35.5. The zero-order valence-electron chi connectivity index (χ0n) is 15.0. The number of aromatic hydroxyl groups is 1. The Hall–Kier alpha value is -2.29. The quantitative estimate of drug-likeness (QED) is 0.576. The number of carbonyl (C=O) groups is 1. The Kier molecular flexibility index (Phi) is 7.06. The van der Waals surface area contributed by atoms with Gasteiger partial charge in [0.15, 0.2) is 0 Å². The zero-order valence-corrected chi connectivity index (χ0v) is 16.5. The first-order chi connectivity index (χ1) is 12.7. The number of rotatable bonds is 8. The number of ether oxygens (including phenoxy) is 1. The predicted molar refractivity (Wildman–Crippen MR) is 103 cm³/mol. The van der Waals surface area contributed by atoms with Crippen LogP contribution in [0.25, 0.3) is 0 Å². The standard InChI is InChI=1S/C18H21ClN2O5S/c1-3-26-17(23)11-20-10-13-5-4-6-16(22)18(13)27(24,25)21-15-8-7-14(19)9-12(15)2/h4-9,20-22H,3,10-11H2,1-2H3. The Bertz CT molecular complexity index is 931. The molecule has 0 saturated heterocycles. The minimum absolute atomic E-state index is 0.0586. The number of phenols is 1. The summed E-state index contributed by atoms with van der Waals surface area (Å²) in [6, 6.07) is 9.13. The number of hydrogen-bond acceptors (Lipinski definition) is 6. The molecule has 0 spiro atoms. The summed E-state index contributed by atoms with van der Waals surface area (Å²) in [5.41, 5.74) is 1.31. The average molecular weight is 413 g/mol. The third kappa shape index (κ3) is 5.59. The number of aryl methyl sites for hydroxylation is 1. The third-order valence-corrected chi connectivity index (χ3v) is 5.40. The van der Waals surface area contributed by atoms with E-state index in [-0.39, 0.29) is 30.3 Å². The Balaban J connectivity index is 2.26. The topological polar surface area (TPSA) is 105 Å². The number of nitrogens with one attached hydrogen (secondary N) is 2. The van der Waals surface area contributed by atoms with Gasteiger partial charge in [0.1, 0.15) is 10.6 Å². The Morgan fingerprint density at radius 1 is 1.26 bits per heavy atom. The van der Waals surface area contributed by atoms with E-state index >= 15 is 0 Å². The van der Waals surface area contributed by atoms with Gasteiger partial charge in [-0.25, -0.2) is 8.42 Å². The summed E-state index contributed by atoms with van der Waals surface area (Å²) in [6.45, 7) is 3.66. The van der Waals surface area contributed by atoms with Crippen molar-refractivity contribution in [1.29, 1.82) is 0 Å². The van der Waals surface area contributed by atoms with E-state index in [2.05, 4.69) is 10.0 Å². The summed E-state index contributed by atoms with van der Waals surface area (Å²) in [6.07, 6.45) is 0. The molecule has 0 atom stereocenters. The minimum Gasteiger partial charge on any atom is -0.507 e. The molecule has 0 aliphatic heterocycles. The molecule has 2 rings (SSSR count). The first kappa shape index (κ1) is 21.0. The molecule has 9 heteroatoms. The van der Waals surface area contributed by atoms with Gasteiger partial charge in [0.05, 0.1) is 18.8 Å². The number of anilines is 1. The van der Waals surface area contributed by atoms with Gasteiger partial charge in [0.25, 0.3) is 10.0 Å². The van der Waals surface area contributed by atoms with Crippen molar-refractivity contribution in [3.63, 3.8) is 0 Å². The summed E-state index contributed by atoms with van der Waals surface area (Å²) in [7, 11) is -4.07. The lowest BCUT2D eigenvalue weighted by Crippen LogP contribution is -2.25. The van der Waals surface area contributed by atoms with Crippen LogP contribution in [0.15, 0.2) is 41.3 Å². The molecule has 0 aliphatic rings. The SMILES string of the molecule is CCOC(=O)CNCc1cccc(O)c1S(=O)(=O)Nc1ccc(Cl)cc1C. The maximum atomic E-state index is 12.9. The fourth-order valence-electron chi connectivity index (χ4n) is 2.47. The lowest BCUT2D eigenvalue weighted by atomic mass is 10.2. The van der Waals surface area contributed by atoms with Crippen molar-refractivity contribution >= 4 is 33.3 Å². The van der Waals surface area contributed by atoms with Gasteiger partial charge in [-0.3, -0.25) is 9.52 Å². The average Bonchev–Trinajstić information content (AvgIpc) is 2.57. The van der Waals surface area contributed by atoms with E-state index in [9.17, 15) is 18.3 Å². The number of hydrogen-bond donors (Lipinski definition) is 3. The normalized spacial score (nSPS) is 11.2. The smallest absolute Gasteiger partial charge is 0.319 e. The molecule has 2 aromatic carbocycles. The Labute approximate surface area is 163 Å². The first-order valence-corrected chi connectivity index (χ1v) is 10.1. The minimum atomic E-state index is -4.07. The van der Waals surface area contributed by atoms with Crippen molar-refractivity contribution < 1.29 is 23.1 Å². The van der Waals surface area contributed by atoms with Crippen LogP contribution < -0.4 is 10.0 Å². The number of esters is 1. The number of sulfonamides is 1. The largest absolute Gasteiger partial charge is 0.507 e. The maximum absolute atomic E-state index is 12.9. The fourth-order valence-corrected chi connectivity index (χ4v) is 4.15. The molecule has 146 valence electrons. The molecule has 0 heterocycles. The van der Waals surface area contributed by atoms with Gasteiger partial charge < -0.3 is 15.2 Å². The fraction of sp³-hybridized carbons (Fsp3) is 0.278. The summed E-state index contributed by atoms with van der Waals surface area (Å²) in [5.74, 6) is -0.832. The van der Waals surface area contributed by atoms with Crippen LogP contribution in [0.1, 0.15) is 18.1 Å². The van der Waals surface area contributed by atoms with Gasteiger partial charge >= 0.3 is 5.97 Å². The van der Waals surface area contributed by atoms with Crippen LogP contribution in [0.4, 0.5) is 5.69 Å². The molecule has 0 unspecified atom stereocenters. The Morgan fingerprint density at radius 2 is 2.00 bits per heavy atom. The van der Waals surface area contributed by atoms with Crippen LogP contribution in [0.3, 0.4) is 0 Å². The second-order valence-electron chi connectivity index (χ2n) is 5.74. The van der Waals surface area contributed by atoms with Gasteiger partial charge in [-0.15, -0.1) is 0 Å². The van der Waals surface area contributed by atoms with E-state index in [1.165, 1.54) is 12.1 Å². The lowest BCUT2D eigenvalue weighted by molar-refractivity contribution is -0.142. The van der Waals surface area contributed by atoms with Crippen molar-refractivity contribution in [2.24, 2.45) is 0 Å². The molecular weight excluding hydrogens is 392 g/mol. The van der Waals surface area contributed by atoms with Gasteiger partial charge in [-0.1, -0.05) is 23.7 Å². The van der Waals surface area contributed by atoms with Crippen molar-refractivity contribution in [2.45, 2.75) is 25.3 Å². The van der Waals surface area contributed by atoms with Crippen molar-refractivity contribution in [3.05, 3.63) is 52.5 Å². The van der Waals surface area contributed by atoms with Crippen LogP contribution in [0.2, 0.25) is 5.02 Å². The highest BCUT2D eigenvalue weighted by Gasteiger charge is 2.23. The molecular formula is C18H21ClN2O5S. The maximum Gasteiger partial charge on any atom is 0.319 e. The molecule has 7 nitrogen and oxygen atoms in total. The molecule has 2 aromatic rings. The summed E-state index contributed by atoms with van der Waals surface area (Å²) < 4.78 is 33.0. The van der Waals surface area contributed by atoms with Gasteiger partial charge in [0.2, 0.25) is 0 Å². The lowest BCUT2D eigenvalue weighted by Gasteiger charge is -2.15. The van der Waals surface area contributed by atoms with Crippen LogP contribution in [-0.2, 0) is 26.1 Å². The highest BCUT2D eigenvalue weighted by molar-refractivity contribution is 7.92. The molecule has 0 amide bonds. The molecule has 27 heavy (non-hydrogen) atoms. The molecule has 0 fully saturated rings. The van der Waals surface area contributed by atoms with Gasteiger partial charge in [-0.05, 0) is 49.2 Å². The highest BCUT2D eigenvalue weighted by Crippen LogP contribution is 2.30. The molecule has 3 N–H and O–H groups in total. The molecule has 0 aromatic heterocycles. The van der Waals surface area contributed by atoms with E-state index in [1.54, 1.807) is 38.1 Å². The second kappa shape index (κ2) is 9.07. The van der Waals surface area contributed by atoms with E-state index in [1.807, 2.05) is 0 Å². The molecule has 0 radical (unpaired) electrons. The zero-order chi connectivity index (χ0) is 20.0. The van der Waals surface area contributed by atoms with E-state index in [4.69, 9.17) is 16.3 Å². The number of halogens is 1. The van der Waals surface area contributed by atoms with Crippen LogP contribution >= 0.6 is 11.6 Å². The van der Waals surface area contributed by atoms with Crippen molar-refractivity contribution in [2.75, 3.05) is 17.9 Å². The van der Waals surface area contributed by atoms with Crippen molar-refractivity contribution in [1.82, 2.24) is 5.32 Å². The molecule has 0 aliphatic carbocycles. The van der Waals surface area contributed by atoms with Gasteiger partial charge in [-0.2, -0.15) is 0 Å². The summed E-state index contributed by atoms with van der Waals surface area (Å²) >= 11 is 5.90. The van der Waals surface area contributed by atoms with Crippen molar-refractivity contribution in [3.8, 4) is 5.75 Å². The van der Waals surface area contributed by atoms with Crippen LogP contribution in [-0.4, -0.2) is 32.6 Å². The van der Waals surface area contributed by atoms with Gasteiger partial charge in [0, 0.05) is 11.6 Å². The van der Waals surface area contributed by atoms with E-state index in [0.717, 1.165) is 0 Å². The van der Waals surface area contributed by atoms with Crippen LogP contribution in [0.5, 0.6) is 5.75 Å². The number of carbonyl (C=O) groups excluding carboxylic acids is 1. The molecule has 0 saturated carbocycles. The van der Waals surface area contributed by atoms with Crippen LogP contribution in [0, 0.1) is 6.92 Å². The molecule has 0 bridgehead atoms. The summed E-state index contributed by atoms with van der Waals surface area (Å²) in [4.78, 5) is 11.2. The third-order valence-electron chi connectivity index (χ3n) is 3.67. The van der Waals surface area contributed by atoms with E-state index < -0.39 is 16.0 Å². The second-order valence-corrected chi connectivity index (χ2v) is 7.79. The number of phenolic OH excluding ortho intramolecular Hbond substituents is 1. The Morgan fingerprint density at radius 3 is 2.67 bits per heavy atom. The predicted octanol–water partition coefficient (Wildman–Crippen LogP) is 2.81. The summed E-state index contributed by atoms with van der Waals surface area (Å²) in [5, 5.41) is 13.5. The number of benzene rings is 2. The monoisotopic (exact) mass is 412 g/mol.